The van der Waals surface area contributed by atoms with Crippen molar-refractivity contribution in [2.24, 2.45) is 5.92 Å². The van der Waals surface area contributed by atoms with Gasteiger partial charge in [-0.3, -0.25) is 14.9 Å². The van der Waals surface area contributed by atoms with E-state index in [-0.39, 0.29) is 11.6 Å². The van der Waals surface area contributed by atoms with Gasteiger partial charge in [0.05, 0.1) is 10.5 Å². The summed E-state index contributed by atoms with van der Waals surface area (Å²) in [5.74, 6) is 0.172. The first-order valence-electron chi connectivity index (χ1n) is 7.60. The van der Waals surface area contributed by atoms with Crippen LogP contribution in [0.3, 0.4) is 0 Å². The molecule has 0 bridgehead atoms. The van der Waals surface area contributed by atoms with Crippen LogP contribution in [0.25, 0.3) is 0 Å². The SMILES string of the molecule is C[C@@H]1CCc2sc(NC(=O)c3ccc([N+](=O)[O-])cc3)c(C#N)c2C1. The quantitative estimate of drug-likeness (QED) is 0.676. The third-order valence-electron chi connectivity index (χ3n) is 4.19. The number of thiophene rings is 1. The first kappa shape index (κ1) is 16.1. The van der Waals surface area contributed by atoms with E-state index in [4.69, 9.17) is 0 Å². The highest BCUT2D eigenvalue weighted by Gasteiger charge is 2.25. The molecule has 0 spiro atoms. The zero-order valence-electron chi connectivity index (χ0n) is 13.0. The molecule has 122 valence electrons. The normalized spacial score (nSPS) is 16.1. The van der Waals surface area contributed by atoms with Gasteiger partial charge in [0, 0.05) is 22.6 Å². The van der Waals surface area contributed by atoms with Gasteiger partial charge < -0.3 is 5.32 Å². The van der Waals surface area contributed by atoms with Crippen molar-refractivity contribution in [3.8, 4) is 6.07 Å². The smallest absolute Gasteiger partial charge is 0.269 e. The third-order valence-corrected chi connectivity index (χ3v) is 5.39. The number of amides is 1. The molecule has 1 atom stereocenters. The van der Waals surface area contributed by atoms with Gasteiger partial charge >= 0.3 is 0 Å². The number of benzene rings is 1. The predicted octanol–water partition coefficient (Wildman–Crippen LogP) is 3.91. The number of nitrogens with zero attached hydrogens (tertiary/aromatic N) is 2. The standard InChI is InChI=1S/C17H15N3O3S/c1-10-2-7-15-13(8-10)14(9-18)17(24-15)19-16(21)11-3-5-12(6-4-11)20(22)23/h3-6,10H,2,7-8H2,1H3,(H,19,21)/t10-/m1/s1. The fourth-order valence-electron chi connectivity index (χ4n) is 2.87. The van der Waals surface area contributed by atoms with Crippen molar-refractivity contribution < 1.29 is 9.72 Å². The lowest BCUT2D eigenvalue weighted by Crippen LogP contribution is -2.12. The van der Waals surface area contributed by atoms with Crippen LogP contribution in [0.5, 0.6) is 0 Å². The highest BCUT2D eigenvalue weighted by Crippen LogP contribution is 2.39. The number of anilines is 1. The number of nitrogens with one attached hydrogen (secondary N) is 1. The Morgan fingerprint density at radius 2 is 2.12 bits per heavy atom. The van der Waals surface area contributed by atoms with Gasteiger partial charge in [0.2, 0.25) is 0 Å². The first-order valence-corrected chi connectivity index (χ1v) is 8.41. The molecule has 1 aromatic heterocycles. The summed E-state index contributed by atoms with van der Waals surface area (Å²) in [6.07, 6.45) is 2.89. The van der Waals surface area contributed by atoms with Crippen molar-refractivity contribution >= 4 is 27.9 Å². The molecule has 7 heteroatoms. The number of carbonyl (C=O) groups excluding carboxylic acids is 1. The Bertz CT molecular complexity index is 849. The van der Waals surface area contributed by atoms with E-state index in [1.807, 2.05) is 0 Å². The van der Waals surface area contributed by atoms with E-state index in [2.05, 4.69) is 18.3 Å². The van der Waals surface area contributed by atoms with E-state index in [0.717, 1.165) is 24.8 Å². The number of rotatable bonds is 3. The molecule has 0 radical (unpaired) electrons. The van der Waals surface area contributed by atoms with Crippen LogP contribution >= 0.6 is 11.3 Å². The molecule has 1 aliphatic rings. The topological polar surface area (TPSA) is 96.0 Å². The molecule has 1 amide bonds. The number of non-ortho nitro benzene ring substituents is 1. The van der Waals surface area contributed by atoms with Crippen molar-refractivity contribution in [1.82, 2.24) is 0 Å². The molecule has 2 aromatic rings. The number of nitro groups is 1. The third kappa shape index (κ3) is 3.01. The van der Waals surface area contributed by atoms with Crippen LogP contribution in [-0.2, 0) is 12.8 Å². The van der Waals surface area contributed by atoms with Crippen molar-refractivity contribution in [2.75, 3.05) is 5.32 Å². The molecule has 1 heterocycles. The summed E-state index contributed by atoms with van der Waals surface area (Å²) in [4.78, 5) is 23.7. The van der Waals surface area contributed by atoms with Crippen LogP contribution in [0, 0.1) is 27.4 Å². The Hall–Kier alpha value is -2.72. The number of fused-ring (bicyclic) bond motifs is 1. The second-order valence-corrected chi connectivity index (χ2v) is 7.03. The second kappa shape index (κ2) is 6.42. The zero-order valence-corrected chi connectivity index (χ0v) is 13.9. The van der Waals surface area contributed by atoms with Crippen LogP contribution < -0.4 is 5.32 Å². The summed E-state index contributed by atoms with van der Waals surface area (Å²) >= 11 is 1.46. The van der Waals surface area contributed by atoms with Crippen LogP contribution in [0.15, 0.2) is 24.3 Å². The van der Waals surface area contributed by atoms with E-state index in [9.17, 15) is 20.2 Å². The molecule has 0 saturated carbocycles. The number of nitriles is 1. The minimum atomic E-state index is -0.510. The number of aryl methyl sites for hydroxylation is 1. The van der Waals surface area contributed by atoms with Gasteiger partial charge in [0.1, 0.15) is 11.1 Å². The monoisotopic (exact) mass is 341 g/mol. The van der Waals surface area contributed by atoms with Crippen LogP contribution in [0.1, 0.15) is 39.7 Å². The molecule has 6 nitrogen and oxygen atoms in total. The van der Waals surface area contributed by atoms with Crippen LogP contribution in [0.4, 0.5) is 10.7 Å². The average Bonchev–Trinajstić information content (AvgIpc) is 2.91. The summed E-state index contributed by atoms with van der Waals surface area (Å²) in [6.45, 7) is 2.16. The maximum Gasteiger partial charge on any atom is 0.269 e. The van der Waals surface area contributed by atoms with Crippen molar-refractivity contribution in [3.63, 3.8) is 0 Å². The van der Waals surface area contributed by atoms with Crippen molar-refractivity contribution in [2.45, 2.75) is 26.2 Å². The molecule has 0 aliphatic heterocycles. The fraction of sp³-hybridized carbons (Fsp3) is 0.294. The highest BCUT2D eigenvalue weighted by atomic mass is 32.1. The summed E-state index contributed by atoms with van der Waals surface area (Å²) < 4.78 is 0. The van der Waals surface area contributed by atoms with Crippen LogP contribution in [0.2, 0.25) is 0 Å². The minimum absolute atomic E-state index is 0.0650. The summed E-state index contributed by atoms with van der Waals surface area (Å²) in [7, 11) is 0. The molecule has 1 N–H and O–H groups in total. The Kier molecular flexibility index (Phi) is 4.32. The Balaban J connectivity index is 1.84. The highest BCUT2D eigenvalue weighted by molar-refractivity contribution is 7.16. The Labute approximate surface area is 142 Å². The van der Waals surface area contributed by atoms with E-state index in [1.165, 1.54) is 40.5 Å². The maximum atomic E-state index is 12.4. The van der Waals surface area contributed by atoms with Crippen molar-refractivity contribution in [1.29, 1.82) is 5.26 Å². The number of nitro benzene ring substituents is 1. The van der Waals surface area contributed by atoms with Gasteiger partial charge in [-0.25, -0.2) is 0 Å². The van der Waals surface area contributed by atoms with Gasteiger partial charge in [0.15, 0.2) is 0 Å². The second-order valence-electron chi connectivity index (χ2n) is 5.93. The molecule has 1 aromatic carbocycles. The summed E-state index contributed by atoms with van der Waals surface area (Å²) in [6, 6.07) is 7.62. The van der Waals surface area contributed by atoms with Gasteiger partial charge in [-0.2, -0.15) is 5.26 Å². The van der Waals surface area contributed by atoms with Crippen molar-refractivity contribution in [3.05, 3.63) is 55.9 Å². The molecule has 0 saturated heterocycles. The summed E-state index contributed by atoms with van der Waals surface area (Å²) in [5.41, 5.74) is 1.87. The summed E-state index contributed by atoms with van der Waals surface area (Å²) in [5, 5.41) is 23.5. The molecular weight excluding hydrogens is 326 g/mol. The Morgan fingerprint density at radius 1 is 1.42 bits per heavy atom. The molecule has 24 heavy (non-hydrogen) atoms. The van der Waals surface area contributed by atoms with E-state index in [0.29, 0.717) is 22.0 Å². The van der Waals surface area contributed by atoms with E-state index in [1.54, 1.807) is 0 Å². The maximum absolute atomic E-state index is 12.4. The molecule has 1 aliphatic carbocycles. The average molecular weight is 341 g/mol. The lowest BCUT2D eigenvalue weighted by Gasteiger charge is -2.17. The lowest BCUT2D eigenvalue weighted by molar-refractivity contribution is -0.384. The Morgan fingerprint density at radius 3 is 2.75 bits per heavy atom. The lowest BCUT2D eigenvalue weighted by atomic mass is 9.88. The van der Waals surface area contributed by atoms with E-state index >= 15 is 0 Å². The predicted molar refractivity (Wildman–Crippen MR) is 91.3 cm³/mol. The largest absolute Gasteiger partial charge is 0.312 e. The molecule has 3 rings (SSSR count). The first-order chi connectivity index (χ1) is 11.5. The van der Waals surface area contributed by atoms with Crippen LogP contribution in [-0.4, -0.2) is 10.8 Å². The van der Waals surface area contributed by atoms with E-state index < -0.39 is 4.92 Å². The van der Waals surface area contributed by atoms with Gasteiger partial charge in [-0.05, 0) is 42.9 Å². The fourth-order valence-corrected chi connectivity index (χ4v) is 4.06. The number of carbonyl (C=O) groups is 1. The molecular formula is C17H15N3O3S. The number of hydrogen-bond donors (Lipinski definition) is 1. The van der Waals surface area contributed by atoms with Gasteiger partial charge in [-0.1, -0.05) is 6.92 Å². The van der Waals surface area contributed by atoms with Gasteiger partial charge in [0.25, 0.3) is 11.6 Å². The molecule has 0 unspecified atom stereocenters. The van der Waals surface area contributed by atoms with Gasteiger partial charge in [-0.15, -0.1) is 11.3 Å². The zero-order chi connectivity index (χ0) is 17.3. The molecule has 0 fully saturated rings. The minimum Gasteiger partial charge on any atom is -0.312 e. The number of hydrogen-bond acceptors (Lipinski definition) is 5.